The van der Waals surface area contributed by atoms with Gasteiger partial charge in [-0.15, -0.1) is 0 Å². The number of hydrogen-bond donors (Lipinski definition) is 2. The van der Waals surface area contributed by atoms with Gasteiger partial charge in [0, 0.05) is 51.9 Å². The van der Waals surface area contributed by atoms with Crippen molar-refractivity contribution < 1.29 is 9.90 Å². The number of amides is 1. The van der Waals surface area contributed by atoms with E-state index in [9.17, 15) is 9.90 Å². The summed E-state index contributed by atoms with van der Waals surface area (Å²) in [5.41, 5.74) is 4.74. The number of para-hydroxylation sites is 1. The van der Waals surface area contributed by atoms with Crippen LogP contribution in [0, 0.1) is 6.92 Å². The first kappa shape index (κ1) is 20.4. The third-order valence-electron chi connectivity index (χ3n) is 5.41. The Bertz CT molecular complexity index is 768. The molecule has 2 aromatic rings. The van der Waals surface area contributed by atoms with E-state index in [1.807, 2.05) is 24.3 Å². The Morgan fingerprint density at radius 3 is 2.39 bits per heavy atom. The topological polar surface area (TPSA) is 55.8 Å². The smallest absolute Gasteiger partial charge is 0.216 e. The van der Waals surface area contributed by atoms with E-state index in [1.54, 1.807) is 0 Å². The Kier molecular flexibility index (Phi) is 7.06. The summed E-state index contributed by atoms with van der Waals surface area (Å²) < 4.78 is 0. The van der Waals surface area contributed by atoms with E-state index in [4.69, 9.17) is 0 Å². The number of rotatable bonds is 7. The number of piperazine rings is 1. The lowest BCUT2D eigenvalue weighted by atomic mass is 10.0. The van der Waals surface area contributed by atoms with Crippen LogP contribution in [0.2, 0.25) is 0 Å². The van der Waals surface area contributed by atoms with Gasteiger partial charge in [0.2, 0.25) is 5.91 Å². The molecule has 0 aliphatic carbocycles. The summed E-state index contributed by atoms with van der Waals surface area (Å²) in [7, 11) is 0. The zero-order valence-electron chi connectivity index (χ0n) is 16.9. The Morgan fingerprint density at radius 1 is 1.07 bits per heavy atom. The summed E-state index contributed by atoms with van der Waals surface area (Å²) in [6.07, 6.45) is 0.325. The average Bonchev–Trinajstić information content (AvgIpc) is 2.69. The van der Waals surface area contributed by atoms with Crippen LogP contribution in [0.25, 0.3) is 0 Å². The average molecular weight is 382 g/mol. The van der Waals surface area contributed by atoms with Crippen molar-refractivity contribution in [1.29, 1.82) is 0 Å². The largest absolute Gasteiger partial charge is 0.387 e. The number of benzene rings is 2. The predicted molar refractivity (Wildman–Crippen MR) is 114 cm³/mol. The fourth-order valence-electron chi connectivity index (χ4n) is 3.73. The van der Waals surface area contributed by atoms with Crippen LogP contribution < -0.4 is 10.2 Å². The van der Waals surface area contributed by atoms with Crippen LogP contribution in [0.1, 0.15) is 29.7 Å². The fraction of sp³-hybridized carbons (Fsp3) is 0.435. The molecule has 0 spiro atoms. The van der Waals surface area contributed by atoms with E-state index in [2.05, 4.69) is 46.3 Å². The van der Waals surface area contributed by atoms with E-state index in [1.165, 1.54) is 18.2 Å². The van der Waals surface area contributed by atoms with Gasteiger partial charge < -0.3 is 15.3 Å². The molecule has 0 bridgehead atoms. The van der Waals surface area contributed by atoms with Crippen molar-refractivity contribution in [2.45, 2.75) is 26.4 Å². The van der Waals surface area contributed by atoms with Gasteiger partial charge in [0.05, 0.1) is 6.10 Å². The van der Waals surface area contributed by atoms with Crippen LogP contribution in [0.4, 0.5) is 5.69 Å². The van der Waals surface area contributed by atoms with Gasteiger partial charge in [-0.05, 0) is 36.1 Å². The van der Waals surface area contributed by atoms with Gasteiger partial charge in [-0.1, -0.05) is 42.5 Å². The summed E-state index contributed by atoms with van der Waals surface area (Å²) in [5, 5.41) is 13.4. The number of anilines is 1. The Labute approximate surface area is 168 Å². The Balaban J connectivity index is 1.47. The van der Waals surface area contributed by atoms with Crippen molar-refractivity contribution in [3.63, 3.8) is 0 Å². The molecule has 1 aliphatic rings. The summed E-state index contributed by atoms with van der Waals surface area (Å²) in [4.78, 5) is 15.7. The van der Waals surface area contributed by atoms with Gasteiger partial charge in [-0.2, -0.15) is 0 Å². The van der Waals surface area contributed by atoms with Crippen LogP contribution in [-0.4, -0.2) is 55.2 Å². The molecule has 2 N–H and O–H groups in total. The maximum atomic E-state index is 10.9. The Morgan fingerprint density at radius 2 is 1.75 bits per heavy atom. The zero-order valence-corrected chi connectivity index (χ0v) is 16.9. The molecule has 3 rings (SSSR count). The van der Waals surface area contributed by atoms with E-state index >= 15 is 0 Å². The number of nitrogens with zero attached hydrogens (tertiary/aromatic N) is 2. The lowest BCUT2D eigenvalue weighted by Crippen LogP contribution is -2.47. The number of nitrogens with one attached hydrogen (secondary N) is 1. The van der Waals surface area contributed by atoms with Gasteiger partial charge in [-0.3, -0.25) is 9.69 Å². The van der Waals surface area contributed by atoms with E-state index < -0.39 is 6.10 Å². The van der Waals surface area contributed by atoms with Crippen molar-refractivity contribution in [1.82, 2.24) is 10.2 Å². The number of aryl methyl sites for hydroxylation is 1. The van der Waals surface area contributed by atoms with E-state index in [-0.39, 0.29) is 5.91 Å². The van der Waals surface area contributed by atoms with Crippen molar-refractivity contribution >= 4 is 11.6 Å². The molecule has 1 saturated heterocycles. The highest BCUT2D eigenvalue weighted by atomic mass is 16.3. The van der Waals surface area contributed by atoms with Crippen LogP contribution in [0.3, 0.4) is 0 Å². The normalized spacial score (nSPS) is 16.0. The number of carbonyl (C=O) groups excluding carboxylic acids is 1. The van der Waals surface area contributed by atoms with Crippen LogP contribution in [0.15, 0.2) is 48.5 Å². The molecule has 1 atom stereocenters. The highest BCUT2D eigenvalue weighted by Crippen LogP contribution is 2.22. The molecule has 0 radical (unpaired) electrons. The summed E-state index contributed by atoms with van der Waals surface area (Å²) in [6.45, 7) is 8.88. The molecule has 1 aliphatic heterocycles. The minimum atomic E-state index is -0.477. The minimum absolute atomic E-state index is 0.00503. The van der Waals surface area contributed by atoms with Crippen LogP contribution in [0.5, 0.6) is 0 Å². The summed E-state index contributed by atoms with van der Waals surface area (Å²) >= 11 is 0. The highest BCUT2D eigenvalue weighted by molar-refractivity contribution is 5.72. The molecular weight excluding hydrogens is 350 g/mol. The number of aliphatic hydroxyl groups is 1. The third kappa shape index (κ3) is 5.57. The van der Waals surface area contributed by atoms with Crippen molar-refractivity contribution in [3.05, 3.63) is 65.2 Å². The third-order valence-corrected chi connectivity index (χ3v) is 5.41. The van der Waals surface area contributed by atoms with Gasteiger partial charge in [0.25, 0.3) is 0 Å². The van der Waals surface area contributed by atoms with Crippen molar-refractivity contribution in [3.8, 4) is 0 Å². The molecule has 1 fully saturated rings. The highest BCUT2D eigenvalue weighted by Gasteiger charge is 2.20. The molecule has 1 unspecified atom stereocenters. The van der Waals surface area contributed by atoms with Gasteiger partial charge in [0.15, 0.2) is 0 Å². The maximum absolute atomic E-state index is 10.9. The molecule has 0 saturated carbocycles. The van der Waals surface area contributed by atoms with Gasteiger partial charge >= 0.3 is 0 Å². The van der Waals surface area contributed by atoms with Crippen molar-refractivity contribution in [2.75, 3.05) is 44.2 Å². The molecule has 1 amide bonds. The summed E-state index contributed by atoms with van der Waals surface area (Å²) in [5.74, 6) is -0.00503. The fourth-order valence-corrected chi connectivity index (χ4v) is 3.73. The number of aliphatic hydroxyl groups excluding tert-OH is 1. The van der Waals surface area contributed by atoms with Gasteiger partial charge in [0.1, 0.15) is 0 Å². The van der Waals surface area contributed by atoms with Crippen LogP contribution in [-0.2, 0) is 11.2 Å². The molecule has 1 heterocycles. The maximum Gasteiger partial charge on any atom is 0.216 e. The number of hydrogen-bond acceptors (Lipinski definition) is 4. The molecular formula is C23H31N3O2. The first-order chi connectivity index (χ1) is 13.5. The summed E-state index contributed by atoms with van der Waals surface area (Å²) in [6, 6.07) is 16.6. The SMILES string of the molecule is CC(=O)NCCc1ccc(C(O)CN2CCN(c3ccccc3C)CC2)cc1. The van der Waals surface area contributed by atoms with Gasteiger partial charge in [-0.25, -0.2) is 0 Å². The monoisotopic (exact) mass is 381 g/mol. The first-order valence-electron chi connectivity index (χ1n) is 10.1. The first-order valence-corrected chi connectivity index (χ1v) is 10.1. The molecule has 28 heavy (non-hydrogen) atoms. The second kappa shape index (κ2) is 9.71. The molecule has 150 valence electrons. The van der Waals surface area contributed by atoms with E-state index in [0.29, 0.717) is 13.1 Å². The lowest BCUT2D eigenvalue weighted by molar-refractivity contribution is -0.118. The van der Waals surface area contributed by atoms with Crippen LogP contribution >= 0.6 is 0 Å². The second-order valence-electron chi connectivity index (χ2n) is 7.56. The number of carbonyl (C=O) groups is 1. The zero-order chi connectivity index (χ0) is 19.9. The Hall–Kier alpha value is -2.37. The lowest BCUT2D eigenvalue weighted by Gasteiger charge is -2.37. The number of β-amino-alcohol motifs (C(OH)–C–C–N with tert-alkyl or cyclic N) is 1. The predicted octanol–water partition coefficient (Wildman–Crippen LogP) is 2.53. The molecule has 5 heteroatoms. The van der Waals surface area contributed by atoms with Crippen molar-refractivity contribution in [2.24, 2.45) is 0 Å². The van der Waals surface area contributed by atoms with E-state index in [0.717, 1.165) is 43.7 Å². The molecule has 5 nitrogen and oxygen atoms in total. The standard InChI is InChI=1S/C23H31N3O2/c1-18-5-3-4-6-22(18)26-15-13-25(14-16-26)17-23(28)21-9-7-20(8-10-21)11-12-24-19(2)27/h3-10,23,28H,11-17H2,1-2H3,(H,24,27). The second-order valence-corrected chi connectivity index (χ2v) is 7.56. The minimum Gasteiger partial charge on any atom is -0.387 e. The quantitative estimate of drug-likeness (QED) is 0.774. The molecule has 2 aromatic carbocycles. The molecule has 0 aromatic heterocycles.